The van der Waals surface area contributed by atoms with Crippen molar-refractivity contribution in [2.24, 2.45) is 0 Å². The summed E-state index contributed by atoms with van der Waals surface area (Å²) in [6.45, 7) is -1.29. The minimum Gasteiger partial charge on any atom is -0.435 e. The predicted octanol–water partition coefficient (Wildman–Crippen LogP) is 5.04. The van der Waals surface area contributed by atoms with Crippen LogP contribution < -0.4 is 10.1 Å². The fourth-order valence-corrected chi connectivity index (χ4v) is 3.72. The Hall–Kier alpha value is -3.46. The van der Waals surface area contributed by atoms with Gasteiger partial charge in [-0.15, -0.1) is 0 Å². The van der Waals surface area contributed by atoms with Crippen LogP contribution in [-0.4, -0.2) is 34.1 Å². The summed E-state index contributed by atoms with van der Waals surface area (Å²) in [7, 11) is 0. The van der Waals surface area contributed by atoms with E-state index in [4.69, 9.17) is 16.1 Å². The zero-order chi connectivity index (χ0) is 23.6. The summed E-state index contributed by atoms with van der Waals surface area (Å²) in [6.07, 6.45) is 0.782. The summed E-state index contributed by atoms with van der Waals surface area (Å²) < 4.78 is 34.2. The fourth-order valence-electron chi connectivity index (χ4n) is 3.59. The quantitative estimate of drug-likeness (QED) is 0.461. The molecule has 0 bridgehead atoms. The lowest BCUT2D eigenvalue weighted by atomic mass is 9.93. The molecule has 1 saturated heterocycles. The zero-order valence-corrected chi connectivity index (χ0v) is 18.3. The number of amides is 3. The highest BCUT2D eigenvalue weighted by molar-refractivity contribution is 6.30. The Bertz CT molecular complexity index is 1150. The van der Waals surface area contributed by atoms with Gasteiger partial charge in [0.2, 0.25) is 0 Å². The fraction of sp³-hybridized carbons (Fsp3) is 0.261. The van der Waals surface area contributed by atoms with Crippen molar-refractivity contribution >= 4 is 23.5 Å². The lowest BCUT2D eigenvalue weighted by Crippen LogP contribution is -2.44. The topological polar surface area (TPSA) is 84.7 Å². The second-order valence-corrected chi connectivity index (χ2v) is 8.30. The Morgan fingerprint density at radius 3 is 2.52 bits per heavy atom. The molecule has 2 heterocycles. The molecule has 1 N–H and O–H groups in total. The number of carbonyl (C=O) groups is 2. The van der Waals surface area contributed by atoms with E-state index in [1.165, 1.54) is 12.1 Å². The highest BCUT2D eigenvalue weighted by Gasteiger charge is 2.47. The molecule has 33 heavy (non-hydrogen) atoms. The molecule has 7 nitrogen and oxygen atoms in total. The van der Waals surface area contributed by atoms with Crippen molar-refractivity contribution in [1.82, 2.24) is 15.4 Å². The third-order valence-corrected chi connectivity index (χ3v) is 5.67. The van der Waals surface area contributed by atoms with E-state index < -0.39 is 18.2 Å². The number of hydrogen-bond donors (Lipinski definition) is 1. The molecule has 1 aliphatic heterocycles. The molecule has 4 rings (SSSR count). The first-order valence-corrected chi connectivity index (χ1v) is 10.5. The first-order chi connectivity index (χ1) is 15.7. The van der Waals surface area contributed by atoms with Crippen LogP contribution in [0, 0.1) is 0 Å². The zero-order valence-electron chi connectivity index (χ0n) is 17.6. The Labute approximate surface area is 193 Å². The smallest absolute Gasteiger partial charge is 0.387 e. The second kappa shape index (κ2) is 9.19. The number of aromatic nitrogens is 1. The van der Waals surface area contributed by atoms with Crippen molar-refractivity contribution in [3.8, 4) is 17.0 Å². The van der Waals surface area contributed by atoms with Crippen molar-refractivity contribution in [2.75, 3.05) is 0 Å². The van der Waals surface area contributed by atoms with Crippen molar-refractivity contribution in [1.29, 1.82) is 0 Å². The molecule has 10 heteroatoms. The molecular formula is C23H20ClF2N3O4. The normalized spacial score (nSPS) is 18.2. The summed E-state index contributed by atoms with van der Waals surface area (Å²) >= 11 is 5.90. The highest BCUT2D eigenvalue weighted by Crippen LogP contribution is 2.27. The van der Waals surface area contributed by atoms with Gasteiger partial charge in [-0.25, -0.2) is 4.79 Å². The van der Waals surface area contributed by atoms with Gasteiger partial charge >= 0.3 is 12.6 Å². The maximum Gasteiger partial charge on any atom is 0.387 e. The number of rotatable bonds is 8. The number of imide groups is 1. The summed E-state index contributed by atoms with van der Waals surface area (Å²) in [6, 6.07) is 14.4. The summed E-state index contributed by atoms with van der Waals surface area (Å²) in [4.78, 5) is 26.6. The van der Waals surface area contributed by atoms with Gasteiger partial charge < -0.3 is 14.6 Å². The van der Waals surface area contributed by atoms with Crippen molar-refractivity contribution in [2.45, 2.75) is 38.5 Å². The highest BCUT2D eigenvalue weighted by atomic mass is 35.5. The number of urea groups is 1. The molecule has 172 valence electrons. The molecule has 0 aliphatic carbocycles. The molecule has 0 spiro atoms. The lowest BCUT2D eigenvalue weighted by molar-refractivity contribution is -0.131. The standard InChI is InChI=1S/C23H20ClF2N3O4/c1-23(11-10-14-2-8-17(9-3-14)32-21(25)26)20(30)29(22(31)27-23)13-18-12-19(28-33-18)15-4-6-16(24)7-5-15/h2-9,12,21H,10-11,13H2,1H3,(H,27,31). The second-order valence-electron chi connectivity index (χ2n) is 7.86. The van der Waals surface area contributed by atoms with Crippen LogP contribution in [0.5, 0.6) is 5.75 Å². The number of carbonyl (C=O) groups excluding carboxylic acids is 2. The van der Waals surface area contributed by atoms with Crippen LogP contribution in [0.3, 0.4) is 0 Å². The van der Waals surface area contributed by atoms with E-state index >= 15 is 0 Å². The molecule has 3 amide bonds. The number of nitrogens with zero attached hydrogens (tertiary/aromatic N) is 2. The van der Waals surface area contributed by atoms with Gasteiger partial charge in [-0.05, 0) is 49.6 Å². The van der Waals surface area contributed by atoms with Crippen LogP contribution in [0.2, 0.25) is 5.02 Å². The lowest BCUT2D eigenvalue weighted by Gasteiger charge is -2.21. The average Bonchev–Trinajstić information content (AvgIpc) is 3.32. The molecule has 2 aromatic carbocycles. The number of nitrogens with one attached hydrogen (secondary N) is 1. The third-order valence-electron chi connectivity index (χ3n) is 5.42. The number of hydrogen-bond acceptors (Lipinski definition) is 5. The monoisotopic (exact) mass is 475 g/mol. The Morgan fingerprint density at radius 1 is 1.15 bits per heavy atom. The van der Waals surface area contributed by atoms with Crippen LogP contribution in [0.4, 0.5) is 13.6 Å². The summed E-state index contributed by atoms with van der Waals surface area (Å²) in [5.41, 5.74) is 1.08. The molecule has 0 saturated carbocycles. The van der Waals surface area contributed by atoms with E-state index in [0.717, 1.165) is 16.0 Å². The van der Waals surface area contributed by atoms with Crippen LogP contribution in [-0.2, 0) is 17.8 Å². The van der Waals surface area contributed by atoms with E-state index in [1.54, 1.807) is 49.4 Å². The first-order valence-electron chi connectivity index (χ1n) is 10.1. The van der Waals surface area contributed by atoms with E-state index in [2.05, 4.69) is 15.2 Å². The van der Waals surface area contributed by atoms with Crippen LogP contribution >= 0.6 is 11.6 Å². The number of halogens is 3. The van der Waals surface area contributed by atoms with E-state index in [9.17, 15) is 18.4 Å². The minimum atomic E-state index is -2.89. The minimum absolute atomic E-state index is 0.0550. The molecule has 3 aromatic rings. The van der Waals surface area contributed by atoms with Crippen molar-refractivity contribution < 1.29 is 27.6 Å². The van der Waals surface area contributed by atoms with Crippen molar-refractivity contribution in [3.05, 3.63) is 70.9 Å². The molecule has 1 aromatic heterocycles. The Balaban J connectivity index is 1.39. The molecular weight excluding hydrogens is 456 g/mol. The van der Waals surface area contributed by atoms with Crippen LogP contribution in [0.15, 0.2) is 59.1 Å². The molecule has 1 atom stereocenters. The molecule has 1 unspecified atom stereocenters. The Kier molecular flexibility index (Phi) is 6.33. The number of benzene rings is 2. The van der Waals surface area contributed by atoms with Gasteiger partial charge in [0, 0.05) is 16.7 Å². The third kappa shape index (κ3) is 5.14. The summed E-state index contributed by atoms with van der Waals surface area (Å²) in [5.74, 6) is 0.0401. The Morgan fingerprint density at radius 2 is 1.85 bits per heavy atom. The van der Waals surface area contributed by atoms with Gasteiger partial charge in [0.1, 0.15) is 17.0 Å². The van der Waals surface area contributed by atoms with E-state index in [1.807, 2.05) is 0 Å². The SMILES string of the molecule is CC1(CCc2ccc(OC(F)F)cc2)NC(=O)N(Cc2cc(-c3ccc(Cl)cc3)no2)C1=O. The van der Waals surface area contributed by atoms with Crippen molar-refractivity contribution in [3.63, 3.8) is 0 Å². The summed E-state index contributed by atoms with van der Waals surface area (Å²) in [5, 5.41) is 7.34. The van der Waals surface area contributed by atoms with Crippen LogP contribution in [0.25, 0.3) is 11.3 Å². The molecule has 0 radical (unpaired) electrons. The molecule has 1 aliphatic rings. The average molecular weight is 476 g/mol. The predicted molar refractivity (Wildman–Crippen MR) is 116 cm³/mol. The maximum atomic E-state index is 13.0. The van der Waals surface area contributed by atoms with Gasteiger partial charge in [-0.2, -0.15) is 8.78 Å². The number of aryl methyl sites for hydroxylation is 1. The van der Waals surface area contributed by atoms with Gasteiger partial charge in [0.25, 0.3) is 5.91 Å². The van der Waals surface area contributed by atoms with Gasteiger partial charge in [0.05, 0.1) is 6.54 Å². The largest absolute Gasteiger partial charge is 0.435 e. The number of alkyl halides is 2. The van der Waals surface area contributed by atoms with Gasteiger partial charge in [0.15, 0.2) is 5.76 Å². The first kappa shape index (κ1) is 22.7. The van der Waals surface area contributed by atoms with Crippen LogP contribution in [0.1, 0.15) is 24.7 Å². The van der Waals surface area contributed by atoms with E-state index in [0.29, 0.717) is 29.3 Å². The van der Waals surface area contributed by atoms with E-state index in [-0.39, 0.29) is 18.2 Å². The van der Waals surface area contributed by atoms with Gasteiger partial charge in [-0.3, -0.25) is 9.69 Å². The molecule has 1 fully saturated rings. The number of ether oxygens (including phenoxy) is 1. The van der Waals surface area contributed by atoms with Gasteiger partial charge in [-0.1, -0.05) is 41.0 Å². The maximum absolute atomic E-state index is 13.0.